The molecule has 0 saturated carbocycles. The first kappa shape index (κ1) is 13.9. The van der Waals surface area contributed by atoms with Gasteiger partial charge in [0.15, 0.2) is 0 Å². The Hall–Kier alpha value is -1.52. The van der Waals surface area contributed by atoms with E-state index in [0.29, 0.717) is 6.04 Å². The predicted octanol–water partition coefficient (Wildman–Crippen LogP) is 2.44. The van der Waals surface area contributed by atoms with Crippen LogP contribution in [0.5, 0.6) is 5.75 Å². The number of nitrogens with one attached hydrogen (secondary N) is 2. The second-order valence-electron chi connectivity index (χ2n) is 4.55. The topological polar surface area (TPSA) is 46.2 Å². The van der Waals surface area contributed by atoms with Crippen molar-refractivity contribution in [2.75, 3.05) is 25.5 Å². The number of para-hydroxylation sites is 1. The SMILES string of the molecule is COc1cccc2c(NC3CCNC3)ccnc12.Cl. The van der Waals surface area contributed by atoms with Crippen molar-refractivity contribution in [3.05, 3.63) is 30.5 Å². The molecule has 0 amide bonds. The van der Waals surface area contributed by atoms with Crippen LogP contribution in [0.2, 0.25) is 0 Å². The minimum absolute atomic E-state index is 0. The Balaban J connectivity index is 0.00000133. The minimum Gasteiger partial charge on any atom is -0.494 e. The number of benzene rings is 1. The van der Waals surface area contributed by atoms with E-state index in [9.17, 15) is 0 Å². The number of anilines is 1. The number of pyridine rings is 1. The molecule has 1 saturated heterocycles. The third kappa shape index (κ3) is 2.74. The second kappa shape index (κ2) is 6.08. The maximum atomic E-state index is 5.35. The van der Waals surface area contributed by atoms with Crippen molar-refractivity contribution in [2.24, 2.45) is 0 Å². The molecule has 1 fully saturated rings. The van der Waals surface area contributed by atoms with E-state index in [1.54, 1.807) is 7.11 Å². The van der Waals surface area contributed by atoms with Gasteiger partial charge < -0.3 is 15.4 Å². The quantitative estimate of drug-likeness (QED) is 0.906. The number of halogens is 1. The van der Waals surface area contributed by atoms with Crippen molar-refractivity contribution in [1.82, 2.24) is 10.3 Å². The third-order valence-electron chi connectivity index (χ3n) is 3.37. The van der Waals surface area contributed by atoms with Gasteiger partial charge in [0, 0.05) is 29.9 Å². The van der Waals surface area contributed by atoms with Crippen LogP contribution in [0.4, 0.5) is 5.69 Å². The number of hydrogen-bond acceptors (Lipinski definition) is 4. The first-order valence-electron chi connectivity index (χ1n) is 6.27. The summed E-state index contributed by atoms with van der Waals surface area (Å²) in [5.74, 6) is 0.820. The monoisotopic (exact) mass is 279 g/mol. The summed E-state index contributed by atoms with van der Waals surface area (Å²) >= 11 is 0. The highest BCUT2D eigenvalue weighted by molar-refractivity contribution is 5.94. The number of rotatable bonds is 3. The summed E-state index contributed by atoms with van der Waals surface area (Å²) in [6.45, 7) is 2.11. The van der Waals surface area contributed by atoms with E-state index in [2.05, 4.69) is 21.7 Å². The molecule has 1 atom stereocenters. The third-order valence-corrected chi connectivity index (χ3v) is 3.37. The summed E-state index contributed by atoms with van der Waals surface area (Å²) in [6.07, 6.45) is 2.99. The highest BCUT2D eigenvalue weighted by Crippen LogP contribution is 2.29. The van der Waals surface area contributed by atoms with E-state index >= 15 is 0 Å². The van der Waals surface area contributed by atoms with Crippen LogP contribution in [-0.2, 0) is 0 Å². The van der Waals surface area contributed by atoms with Gasteiger partial charge in [-0.3, -0.25) is 4.98 Å². The molecule has 19 heavy (non-hydrogen) atoms. The number of fused-ring (bicyclic) bond motifs is 1. The standard InChI is InChI=1S/C14H17N3O.ClH/c1-18-13-4-2-3-11-12(6-8-16-14(11)13)17-10-5-7-15-9-10;/h2-4,6,8,10,15H,5,7,9H2,1H3,(H,16,17);1H. The molecule has 2 aromatic rings. The van der Waals surface area contributed by atoms with E-state index in [1.807, 2.05) is 24.4 Å². The Kier molecular flexibility index (Phi) is 4.45. The van der Waals surface area contributed by atoms with Crippen LogP contribution < -0.4 is 15.4 Å². The number of methoxy groups -OCH3 is 1. The fraction of sp³-hybridized carbons (Fsp3) is 0.357. The van der Waals surface area contributed by atoms with Gasteiger partial charge in [0.2, 0.25) is 0 Å². The Morgan fingerprint density at radius 2 is 2.26 bits per heavy atom. The molecular weight excluding hydrogens is 262 g/mol. The van der Waals surface area contributed by atoms with Crippen molar-refractivity contribution in [1.29, 1.82) is 0 Å². The van der Waals surface area contributed by atoms with Crippen LogP contribution in [0.15, 0.2) is 30.5 Å². The molecule has 2 N–H and O–H groups in total. The smallest absolute Gasteiger partial charge is 0.145 e. The lowest BCUT2D eigenvalue weighted by molar-refractivity contribution is 0.419. The van der Waals surface area contributed by atoms with Gasteiger partial charge in [-0.1, -0.05) is 12.1 Å². The number of ether oxygens (including phenoxy) is 1. The molecule has 102 valence electrons. The molecule has 0 bridgehead atoms. The number of hydrogen-bond donors (Lipinski definition) is 2. The average Bonchev–Trinajstić information content (AvgIpc) is 2.91. The van der Waals surface area contributed by atoms with Gasteiger partial charge in [-0.15, -0.1) is 12.4 Å². The molecule has 0 spiro atoms. The van der Waals surface area contributed by atoms with E-state index in [1.165, 1.54) is 0 Å². The van der Waals surface area contributed by atoms with Crippen LogP contribution in [0, 0.1) is 0 Å². The molecule has 3 rings (SSSR count). The average molecular weight is 280 g/mol. The van der Waals surface area contributed by atoms with Gasteiger partial charge in [0.25, 0.3) is 0 Å². The van der Waals surface area contributed by atoms with Crippen LogP contribution in [-0.4, -0.2) is 31.2 Å². The molecule has 1 aliphatic rings. The van der Waals surface area contributed by atoms with Crippen molar-refractivity contribution in [2.45, 2.75) is 12.5 Å². The van der Waals surface area contributed by atoms with Crippen molar-refractivity contribution >= 4 is 29.0 Å². The Labute approximate surface area is 119 Å². The van der Waals surface area contributed by atoms with Crippen molar-refractivity contribution < 1.29 is 4.74 Å². The summed E-state index contributed by atoms with van der Waals surface area (Å²) in [4.78, 5) is 4.41. The van der Waals surface area contributed by atoms with Crippen LogP contribution in [0.25, 0.3) is 10.9 Å². The molecule has 4 nitrogen and oxygen atoms in total. The lowest BCUT2D eigenvalue weighted by atomic mass is 10.1. The lowest BCUT2D eigenvalue weighted by Crippen LogP contribution is -2.22. The molecule has 1 aromatic carbocycles. The zero-order chi connectivity index (χ0) is 12.4. The van der Waals surface area contributed by atoms with Gasteiger partial charge in [-0.2, -0.15) is 0 Å². The highest BCUT2D eigenvalue weighted by Gasteiger charge is 2.15. The Morgan fingerprint density at radius 3 is 3.00 bits per heavy atom. The van der Waals surface area contributed by atoms with Crippen LogP contribution in [0.1, 0.15) is 6.42 Å². The Bertz CT molecular complexity index is 555. The Morgan fingerprint density at radius 1 is 1.37 bits per heavy atom. The molecule has 1 unspecified atom stereocenters. The first-order valence-corrected chi connectivity index (χ1v) is 6.27. The zero-order valence-corrected chi connectivity index (χ0v) is 11.7. The van der Waals surface area contributed by atoms with Crippen molar-refractivity contribution in [3.63, 3.8) is 0 Å². The molecule has 5 heteroatoms. The summed E-state index contributed by atoms with van der Waals surface area (Å²) in [5, 5.41) is 8.05. The largest absolute Gasteiger partial charge is 0.494 e. The van der Waals surface area contributed by atoms with Crippen LogP contribution in [0.3, 0.4) is 0 Å². The molecular formula is C14H18ClN3O. The second-order valence-corrected chi connectivity index (χ2v) is 4.55. The summed E-state index contributed by atoms with van der Waals surface area (Å²) < 4.78 is 5.35. The molecule has 2 heterocycles. The molecule has 0 aliphatic carbocycles. The lowest BCUT2D eigenvalue weighted by Gasteiger charge is -2.15. The van der Waals surface area contributed by atoms with E-state index in [4.69, 9.17) is 4.74 Å². The van der Waals surface area contributed by atoms with Gasteiger partial charge in [0.05, 0.1) is 7.11 Å². The van der Waals surface area contributed by atoms with Gasteiger partial charge in [0.1, 0.15) is 11.3 Å². The maximum absolute atomic E-state index is 5.35. The number of aromatic nitrogens is 1. The number of nitrogens with zero attached hydrogens (tertiary/aromatic N) is 1. The van der Waals surface area contributed by atoms with Gasteiger partial charge >= 0.3 is 0 Å². The molecule has 0 radical (unpaired) electrons. The van der Waals surface area contributed by atoms with Gasteiger partial charge in [-0.05, 0) is 25.1 Å². The van der Waals surface area contributed by atoms with Crippen LogP contribution >= 0.6 is 12.4 Å². The highest BCUT2D eigenvalue weighted by atomic mass is 35.5. The predicted molar refractivity (Wildman–Crippen MR) is 80.4 cm³/mol. The van der Waals surface area contributed by atoms with Gasteiger partial charge in [-0.25, -0.2) is 0 Å². The fourth-order valence-electron chi connectivity index (χ4n) is 2.44. The van der Waals surface area contributed by atoms with E-state index in [0.717, 1.165) is 41.9 Å². The fourth-order valence-corrected chi connectivity index (χ4v) is 2.44. The first-order chi connectivity index (χ1) is 8.88. The molecule has 1 aromatic heterocycles. The zero-order valence-electron chi connectivity index (χ0n) is 10.8. The summed E-state index contributed by atoms with van der Waals surface area (Å²) in [5.41, 5.74) is 2.04. The summed E-state index contributed by atoms with van der Waals surface area (Å²) in [7, 11) is 1.68. The van der Waals surface area contributed by atoms with E-state index in [-0.39, 0.29) is 12.4 Å². The summed E-state index contributed by atoms with van der Waals surface area (Å²) in [6, 6.07) is 8.55. The normalized spacial score (nSPS) is 18.1. The maximum Gasteiger partial charge on any atom is 0.145 e. The molecule has 1 aliphatic heterocycles. The van der Waals surface area contributed by atoms with Crippen molar-refractivity contribution in [3.8, 4) is 5.75 Å². The van der Waals surface area contributed by atoms with E-state index < -0.39 is 0 Å². The minimum atomic E-state index is 0.